The van der Waals surface area contributed by atoms with Crippen molar-refractivity contribution in [3.8, 4) is 0 Å². The number of hydrogen-bond donors (Lipinski definition) is 2. The first-order valence-corrected chi connectivity index (χ1v) is 9.58. The largest absolute Gasteiger partial charge is 0.355 e. The van der Waals surface area contributed by atoms with Crippen LogP contribution in [-0.2, 0) is 10.2 Å². The minimum absolute atomic E-state index is 0.137. The van der Waals surface area contributed by atoms with Gasteiger partial charge in [0.1, 0.15) is 0 Å². The number of carbonyl (C=O) groups is 1. The van der Waals surface area contributed by atoms with E-state index in [4.69, 9.17) is 23.2 Å². The maximum atomic E-state index is 12.4. The van der Waals surface area contributed by atoms with E-state index in [0.717, 1.165) is 18.4 Å². The molecule has 0 aliphatic carbocycles. The Hall–Kier alpha value is -0.770. The van der Waals surface area contributed by atoms with Gasteiger partial charge in [-0.2, -0.15) is 0 Å². The fourth-order valence-corrected chi connectivity index (χ4v) is 5.14. The minimum Gasteiger partial charge on any atom is -0.355 e. The number of hydrogen-bond acceptors (Lipinski definition) is 2. The first kappa shape index (κ1) is 18.0. The molecule has 2 N–H and O–H groups in total. The van der Waals surface area contributed by atoms with E-state index in [9.17, 15) is 4.79 Å². The van der Waals surface area contributed by atoms with Crippen molar-refractivity contribution in [2.45, 2.75) is 63.5 Å². The molecule has 1 aromatic carbocycles. The van der Waals surface area contributed by atoms with Crippen LogP contribution in [0.15, 0.2) is 18.2 Å². The average Bonchev–Trinajstić information content (AvgIpc) is 2.84. The molecule has 2 fully saturated rings. The molecule has 5 heteroatoms. The lowest BCUT2D eigenvalue weighted by molar-refractivity contribution is -0.122. The molecule has 0 spiro atoms. The number of nitrogens with one attached hydrogen (secondary N) is 2. The van der Waals surface area contributed by atoms with Gasteiger partial charge in [0.2, 0.25) is 5.91 Å². The van der Waals surface area contributed by atoms with Crippen molar-refractivity contribution in [1.82, 2.24) is 10.6 Å². The third kappa shape index (κ3) is 4.07. The summed E-state index contributed by atoms with van der Waals surface area (Å²) in [5.41, 5.74) is 0.589. The summed E-state index contributed by atoms with van der Waals surface area (Å²) in [6, 6.07) is 6.78. The van der Waals surface area contributed by atoms with Gasteiger partial charge in [-0.25, -0.2) is 0 Å². The Morgan fingerprint density at radius 1 is 1.21 bits per heavy atom. The first-order valence-electron chi connectivity index (χ1n) is 8.82. The van der Waals surface area contributed by atoms with E-state index in [1.807, 2.05) is 18.2 Å². The number of rotatable bonds is 5. The maximum Gasteiger partial charge on any atom is 0.220 e. The second-order valence-corrected chi connectivity index (χ2v) is 8.75. The van der Waals surface area contributed by atoms with Crippen molar-refractivity contribution in [2.24, 2.45) is 5.92 Å². The van der Waals surface area contributed by atoms with E-state index in [0.29, 0.717) is 41.0 Å². The van der Waals surface area contributed by atoms with Crippen LogP contribution in [0.5, 0.6) is 0 Å². The monoisotopic (exact) mass is 368 g/mol. The van der Waals surface area contributed by atoms with Crippen LogP contribution in [0.2, 0.25) is 10.0 Å². The maximum absolute atomic E-state index is 12.4. The molecule has 3 nitrogen and oxygen atoms in total. The lowest BCUT2D eigenvalue weighted by Gasteiger charge is -2.30. The molecule has 24 heavy (non-hydrogen) atoms. The molecule has 2 bridgehead atoms. The standard InChI is InChI=1S/C19H26Cl2N2O/c1-19(2,18-15(20)4-3-5-16(18)21)11-22-17(24)10-12-8-13-6-7-14(9-12)23-13/h3-5,12-14,23H,6-11H2,1-2H3,(H,22,24). The Morgan fingerprint density at radius 3 is 2.38 bits per heavy atom. The topological polar surface area (TPSA) is 41.1 Å². The second-order valence-electron chi connectivity index (χ2n) is 7.94. The Balaban J connectivity index is 1.55. The van der Waals surface area contributed by atoms with Crippen molar-refractivity contribution in [2.75, 3.05) is 6.54 Å². The normalized spacial score (nSPS) is 26.4. The summed E-state index contributed by atoms with van der Waals surface area (Å²) in [5.74, 6) is 0.647. The molecule has 2 unspecified atom stereocenters. The molecule has 2 aliphatic rings. The minimum atomic E-state index is -0.307. The van der Waals surface area contributed by atoms with Crippen LogP contribution in [0.3, 0.4) is 0 Å². The highest BCUT2D eigenvalue weighted by Crippen LogP contribution is 2.36. The van der Waals surface area contributed by atoms with Crippen LogP contribution in [0.1, 0.15) is 51.5 Å². The highest BCUT2D eigenvalue weighted by molar-refractivity contribution is 6.36. The zero-order valence-corrected chi connectivity index (χ0v) is 15.9. The van der Waals surface area contributed by atoms with Crippen LogP contribution in [0.25, 0.3) is 0 Å². The van der Waals surface area contributed by atoms with Crippen molar-refractivity contribution < 1.29 is 4.79 Å². The third-order valence-corrected chi connectivity index (χ3v) is 6.04. The van der Waals surface area contributed by atoms with Gasteiger partial charge < -0.3 is 10.6 Å². The molecule has 2 atom stereocenters. The van der Waals surface area contributed by atoms with Crippen molar-refractivity contribution >= 4 is 29.1 Å². The van der Waals surface area contributed by atoms with Crippen molar-refractivity contribution in [3.05, 3.63) is 33.8 Å². The van der Waals surface area contributed by atoms with Gasteiger partial charge in [0.15, 0.2) is 0 Å². The summed E-state index contributed by atoms with van der Waals surface area (Å²) in [6.45, 7) is 4.66. The average molecular weight is 369 g/mol. The molecule has 132 valence electrons. The molecule has 2 saturated heterocycles. The molecule has 0 aromatic heterocycles. The highest BCUT2D eigenvalue weighted by Gasteiger charge is 2.34. The van der Waals surface area contributed by atoms with E-state index >= 15 is 0 Å². The van der Waals surface area contributed by atoms with Gasteiger partial charge >= 0.3 is 0 Å². The Labute approximate surface area is 154 Å². The quantitative estimate of drug-likeness (QED) is 0.812. The number of halogens is 2. The number of benzene rings is 1. The van der Waals surface area contributed by atoms with Gasteiger partial charge in [-0.05, 0) is 49.3 Å². The van der Waals surface area contributed by atoms with E-state index in [-0.39, 0.29) is 11.3 Å². The number of piperidine rings is 1. The number of fused-ring (bicyclic) bond motifs is 2. The van der Waals surface area contributed by atoms with Crippen molar-refractivity contribution in [3.63, 3.8) is 0 Å². The smallest absolute Gasteiger partial charge is 0.220 e. The van der Waals surface area contributed by atoms with Crippen LogP contribution >= 0.6 is 23.2 Å². The zero-order valence-electron chi connectivity index (χ0n) is 14.4. The molecule has 1 aromatic rings. The van der Waals surface area contributed by atoms with Crippen LogP contribution in [0, 0.1) is 5.92 Å². The number of amides is 1. The van der Waals surface area contributed by atoms with Crippen LogP contribution in [0.4, 0.5) is 0 Å². The summed E-state index contributed by atoms with van der Waals surface area (Å²) >= 11 is 12.6. The Bertz CT molecular complexity index is 585. The summed E-state index contributed by atoms with van der Waals surface area (Å²) < 4.78 is 0. The summed E-state index contributed by atoms with van der Waals surface area (Å²) in [5, 5.41) is 8.02. The van der Waals surface area contributed by atoms with Gasteiger partial charge in [-0.15, -0.1) is 0 Å². The molecular formula is C19H26Cl2N2O. The lowest BCUT2D eigenvalue weighted by Crippen LogP contribution is -2.41. The molecule has 1 amide bonds. The molecule has 0 saturated carbocycles. The molecule has 3 rings (SSSR count). The SMILES string of the molecule is CC(C)(CNC(=O)CC1CC2CCC(C1)N2)c1c(Cl)cccc1Cl. The molecule has 2 heterocycles. The molecular weight excluding hydrogens is 343 g/mol. The predicted molar refractivity (Wildman–Crippen MR) is 99.8 cm³/mol. The lowest BCUT2D eigenvalue weighted by atomic mass is 9.84. The molecule has 2 aliphatic heterocycles. The van der Waals surface area contributed by atoms with Crippen molar-refractivity contribution in [1.29, 1.82) is 0 Å². The predicted octanol–water partition coefficient (Wildman–Crippen LogP) is 4.31. The van der Waals surface area contributed by atoms with E-state index in [1.165, 1.54) is 12.8 Å². The van der Waals surface area contributed by atoms with E-state index < -0.39 is 0 Å². The van der Waals surface area contributed by atoms with Crippen LogP contribution in [-0.4, -0.2) is 24.5 Å². The van der Waals surface area contributed by atoms with Gasteiger partial charge in [0.05, 0.1) is 0 Å². The van der Waals surface area contributed by atoms with Crippen LogP contribution < -0.4 is 10.6 Å². The fraction of sp³-hybridized carbons (Fsp3) is 0.632. The van der Waals surface area contributed by atoms with Gasteiger partial charge in [-0.1, -0.05) is 43.1 Å². The third-order valence-electron chi connectivity index (χ3n) is 5.41. The summed E-state index contributed by atoms with van der Waals surface area (Å²) in [6.07, 6.45) is 5.41. The van der Waals surface area contributed by atoms with E-state index in [2.05, 4.69) is 24.5 Å². The van der Waals surface area contributed by atoms with E-state index in [1.54, 1.807) is 0 Å². The Morgan fingerprint density at radius 2 is 1.79 bits per heavy atom. The fourth-order valence-electron chi connectivity index (χ4n) is 4.23. The molecule has 0 radical (unpaired) electrons. The first-order chi connectivity index (χ1) is 11.3. The van der Waals surface area contributed by atoms with Gasteiger partial charge in [0, 0.05) is 40.5 Å². The van der Waals surface area contributed by atoms with Gasteiger partial charge in [-0.3, -0.25) is 4.79 Å². The Kier molecular flexibility index (Phi) is 5.43. The summed E-state index contributed by atoms with van der Waals surface area (Å²) in [4.78, 5) is 12.4. The zero-order chi connectivity index (χ0) is 17.3. The van der Waals surface area contributed by atoms with Gasteiger partial charge in [0.25, 0.3) is 0 Å². The second kappa shape index (κ2) is 7.23. The highest BCUT2D eigenvalue weighted by atomic mass is 35.5. The number of carbonyl (C=O) groups excluding carboxylic acids is 1. The summed E-state index contributed by atoms with van der Waals surface area (Å²) in [7, 11) is 0.